The second-order valence-electron chi connectivity index (χ2n) is 4.01. The van der Waals surface area contributed by atoms with E-state index in [9.17, 15) is 4.79 Å². The van der Waals surface area contributed by atoms with Crippen LogP contribution in [-0.4, -0.2) is 18.2 Å². The topological polar surface area (TPSA) is 43.3 Å². The van der Waals surface area contributed by atoms with Crippen LogP contribution in [0.3, 0.4) is 0 Å². The van der Waals surface area contributed by atoms with E-state index in [0.717, 1.165) is 15.9 Å². The third-order valence-electron chi connectivity index (χ3n) is 2.73. The number of halogens is 1. The number of anilines is 1. The molecule has 4 nitrogen and oxygen atoms in total. The molecular formula is C14H15BrN2O2. The summed E-state index contributed by atoms with van der Waals surface area (Å²) in [4.78, 5) is 11.5. The van der Waals surface area contributed by atoms with Gasteiger partial charge in [-0.1, -0.05) is 6.07 Å². The Bertz CT molecular complexity index is 610. The van der Waals surface area contributed by atoms with Crippen LogP contribution in [0.5, 0.6) is 5.75 Å². The van der Waals surface area contributed by atoms with Crippen LogP contribution >= 0.6 is 15.9 Å². The van der Waals surface area contributed by atoms with Crippen LogP contribution in [0.4, 0.5) is 5.69 Å². The number of pyridine rings is 1. The molecule has 0 unspecified atom stereocenters. The summed E-state index contributed by atoms with van der Waals surface area (Å²) in [6, 6.07) is 11.0. The van der Waals surface area contributed by atoms with Gasteiger partial charge in [-0.25, -0.2) is 0 Å². The SMILES string of the molecule is COc1cc(NCCn2ccccc2=O)ccc1Br. The first kappa shape index (κ1) is 13.7. The van der Waals surface area contributed by atoms with Crippen molar-refractivity contribution in [3.63, 3.8) is 0 Å². The molecule has 5 heteroatoms. The van der Waals surface area contributed by atoms with Gasteiger partial charge in [-0.05, 0) is 34.1 Å². The number of nitrogens with one attached hydrogen (secondary N) is 1. The Morgan fingerprint density at radius 1 is 1.32 bits per heavy atom. The fourth-order valence-corrected chi connectivity index (χ4v) is 2.14. The smallest absolute Gasteiger partial charge is 0.250 e. The monoisotopic (exact) mass is 322 g/mol. The van der Waals surface area contributed by atoms with Gasteiger partial charge in [0.2, 0.25) is 0 Å². The molecule has 0 atom stereocenters. The summed E-state index contributed by atoms with van der Waals surface area (Å²) in [6.45, 7) is 1.30. The maximum absolute atomic E-state index is 11.5. The van der Waals surface area contributed by atoms with Crippen molar-refractivity contribution in [3.8, 4) is 5.75 Å². The van der Waals surface area contributed by atoms with Crippen molar-refractivity contribution in [1.29, 1.82) is 0 Å². The molecule has 0 bridgehead atoms. The van der Waals surface area contributed by atoms with Crippen molar-refractivity contribution in [3.05, 3.63) is 57.4 Å². The molecule has 0 saturated heterocycles. The lowest BCUT2D eigenvalue weighted by Gasteiger charge is -2.10. The number of rotatable bonds is 5. The van der Waals surface area contributed by atoms with Crippen molar-refractivity contribution in [1.82, 2.24) is 4.57 Å². The highest BCUT2D eigenvalue weighted by Gasteiger charge is 2.01. The standard InChI is InChI=1S/C14H15BrN2O2/c1-19-13-10-11(5-6-12(13)15)16-7-9-17-8-3-2-4-14(17)18/h2-6,8,10,16H,7,9H2,1H3. The van der Waals surface area contributed by atoms with Crippen LogP contribution in [-0.2, 0) is 6.54 Å². The second kappa shape index (κ2) is 6.43. The molecule has 1 heterocycles. The minimum atomic E-state index is 0.0117. The Kier molecular flexibility index (Phi) is 4.63. The molecule has 19 heavy (non-hydrogen) atoms. The number of ether oxygens (including phenoxy) is 1. The molecule has 2 rings (SSSR count). The van der Waals surface area contributed by atoms with Crippen LogP contribution in [0.2, 0.25) is 0 Å². The summed E-state index contributed by atoms with van der Waals surface area (Å²) >= 11 is 3.41. The van der Waals surface area contributed by atoms with Gasteiger partial charge in [0.25, 0.3) is 5.56 Å². The van der Waals surface area contributed by atoms with E-state index < -0.39 is 0 Å². The predicted octanol–water partition coefficient (Wildman–Crippen LogP) is 2.73. The minimum absolute atomic E-state index is 0.0117. The zero-order chi connectivity index (χ0) is 13.7. The molecule has 0 amide bonds. The first-order chi connectivity index (χ1) is 9.20. The van der Waals surface area contributed by atoms with E-state index in [1.54, 1.807) is 30.0 Å². The Balaban J connectivity index is 1.96. The lowest BCUT2D eigenvalue weighted by Crippen LogP contribution is -2.21. The number of benzene rings is 1. The van der Waals surface area contributed by atoms with E-state index in [1.807, 2.05) is 24.3 Å². The molecule has 100 valence electrons. The van der Waals surface area contributed by atoms with Gasteiger partial charge >= 0.3 is 0 Å². The lowest BCUT2D eigenvalue weighted by molar-refractivity contribution is 0.412. The van der Waals surface area contributed by atoms with E-state index >= 15 is 0 Å². The van der Waals surface area contributed by atoms with Gasteiger partial charge in [-0.3, -0.25) is 4.79 Å². The summed E-state index contributed by atoms with van der Waals surface area (Å²) in [5.74, 6) is 0.780. The van der Waals surface area contributed by atoms with Gasteiger partial charge in [0, 0.05) is 37.1 Å². The molecule has 0 spiro atoms. The Labute approximate surface area is 120 Å². The fourth-order valence-electron chi connectivity index (χ4n) is 1.74. The van der Waals surface area contributed by atoms with E-state index in [2.05, 4.69) is 21.2 Å². The minimum Gasteiger partial charge on any atom is -0.495 e. The first-order valence-electron chi connectivity index (χ1n) is 5.93. The number of nitrogens with zero attached hydrogens (tertiary/aromatic N) is 1. The highest BCUT2D eigenvalue weighted by molar-refractivity contribution is 9.10. The van der Waals surface area contributed by atoms with Gasteiger partial charge in [0.15, 0.2) is 0 Å². The molecule has 0 radical (unpaired) electrons. The fraction of sp³-hybridized carbons (Fsp3) is 0.214. The van der Waals surface area contributed by atoms with Crippen LogP contribution in [0.1, 0.15) is 0 Å². The summed E-state index contributed by atoms with van der Waals surface area (Å²) < 4.78 is 7.81. The number of hydrogen-bond acceptors (Lipinski definition) is 3. The van der Waals surface area contributed by atoms with Gasteiger partial charge in [-0.15, -0.1) is 0 Å². The average molecular weight is 323 g/mol. The first-order valence-corrected chi connectivity index (χ1v) is 6.73. The normalized spacial score (nSPS) is 10.2. The molecule has 0 aliphatic rings. The summed E-state index contributed by atoms with van der Waals surface area (Å²) in [6.07, 6.45) is 1.78. The van der Waals surface area contributed by atoms with Gasteiger partial charge < -0.3 is 14.6 Å². The summed E-state index contributed by atoms with van der Waals surface area (Å²) in [5.41, 5.74) is 0.974. The molecule has 1 N–H and O–H groups in total. The average Bonchev–Trinajstić information content (AvgIpc) is 2.43. The van der Waals surface area contributed by atoms with Crippen LogP contribution in [0.25, 0.3) is 0 Å². The largest absolute Gasteiger partial charge is 0.495 e. The quantitative estimate of drug-likeness (QED) is 0.920. The molecule has 0 aliphatic heterocycles. The number of hydrogen-bond donors (Lipinski definition) is 1. The van der Waals surface area contributed by atoms with E-state index in [0.29, 0.717) is 13.1 Å². The Hall–Kier alpha value is -1.75. The molecule has 0 saturated carbocycles. The summed E-state index contributed by atoms with van der Waals surface area (Å²) in [5, 5.41) is 3.26. The van der Waals surface area contributed by atoms with Crippen molar-refractivity contribution in [2.75, 3.05) is 19.0 Å². The molecule has 0 fully saturated rings. The molecule has 2 aromatic rings. The van der Waals surface area contributed by atoms with Crippen LogP contribution < -0.4 is 15.6 Å². The molecule has 1 aromatic heterocycles. The maximum atomic E-state index is 11.5. The Morgan fingerprint density at radius 2 is 2.16 bits per heavy atom. The Morgan fingerprint density at radius 3 is 2.89 bits per heavy atom. The van der Waals surface area contributed by atoms with Crippen molar-refractivity contribution >= 4 is 21.6 Å². The number of methoxy groups -OCH3 is 1. The van der Waals surface area contributed by atoms with Gasteiger partial charge in [0.1, 0.15) is 5.75 Å². The van der Waals surface area contributed by atoms with Crippen molar-refractivity contribution < 1.29 is 4.74 Å². The maximum Gasteiger partial charge on any atom is 0.250 e. The van der Waals surface area contributed by atoms with E-state index in [4.69, 9.17) is 4.74 Å². The zero-order valence-electron chi connectivity index (χ0n) is 10.6. The second-order valence-corrected chi connectivity index (χ2v) is 4.86. The third kappa shape index (κ3) is 3.61. The van der Waals surface area contributed by atoms with Gasteiger partial charge in [-0.2, -0.15) is 0 Å². The predicted molar refractivity (Wildman–Crippen MR) is 79.9 cm³/mol. The zero-order valence-corrected chi connectivity index (χ0v) is 12.2. The highest BCUT2D eigenvalue weighted by Crippen LogP contribution is 2.27. The van der Waals surface area contributed by atoms with Gasteiger partial charge in [0.05, 0.1) is 11.6 Å². The van der Waals surface area contributed by atoms with E-state index in [-0.39, 0.29) is 5.56 Å². The van der Waals surface area contributed by atoms with E-state index in [1.165, 1.54) is 0 Å². The van der Waals surface area contributed by atoms with Crippen LogP contribution in [0.15, 0.2) is 51.9 Å². The number of aromatic nitrogens is 1. The highest BCUT2D eigenvalue weighted by atomic mass is 79.9. The van der Waals surface area contributed by atoms with Crippen molar-refractivity contribution in [2.45, 2.75) is 6.54 Å². The van der Waals surface area contributed by atoms with Crippen molar-refractivity contribution in [2.24, 2.45) is 0 Å². The molecule has 1 aromatic carbocycles. The molecular weight excluding hydrogens is 308 g/mol. The van der Waals surface area contributed by atoms with Crippen LogP contribution in [0, 0.1) is 0 Å². The summed E-state index contributed by atoms with van der Waals surface area (Å²) in [7, 11) is 1.63. The third-order valence-corrected chi connectivity index (χ3v) is 3.39. The molecule has 0 aliphatic carbocycles. The lowest BCUT2D eigenvalue weighted by atomic mass is 10.3.